The zero-order valence-electron chi connectivity index (χ0n) is 17.5. The molecule has 3 aromatic rings. The van der Waals surface area contributed by atoms with Crippen molar-refractivity contribution in [2.45, 2.75) is 41.5 Å². The Labute approximate surface area is 167 Å². The van der Waals surface area contributed by atoms with Gasteiger partial charge in [0.1, 0.15) is 0 Å². The molecule has 1 aromatic heterocycles. The zero-order valence-corrected chi connectivity index (χ0v) is 17.5. The number of hydrogen-bond acceptors (Lipinski definition) is 3. The number of benzene rings is 2. The van der Waals surface area contributed by atoms with E-state index < -0.39 is 0 Å². The first-order chi connectivity index (χ1) is 13.4. The minimum absolute atomic E-state index is 0.869. The maximum atomic E-state index is 4.81. The van der Waals surface area contributed by atoms with Gasteiger partial charge >= 0.3 is 0 Å². The normalized spacial score (nSPS) is 12.4. The van der Waals surface area contributed by atoms with Crippen molar-refractivity contribution in [1.82, 2.24) is 4.98 Å². The summed E-state index contributed by atoms with van der Waals surface area (Å²) in [6, 6.07) is 18.4. The van der Waals surface area contributed by atoms with E-state index in [0.29, 0.717) is 0 Å². The molecular formula is C25H27N3. The summed E-state index contributed by atoms with van der Waals surface area (Å²) in [7, 11) is 0. The van der Waals surface area contributed by atoms with Crippen LogP contribution in [0.1, 0.15) is 47.5 Å². The van der Waals surface area contributed by atoms with Crippen LogP contribution >= 0.6 is 0 Å². The predicted molar refractivity (Wildman–Crippen MR) is 120 cm³/mol. The molecule has 0 amide bonds. The van der Waals surface area contributed by atoms with Crippen LogP contribution in [0.2, 0.25) is 0 Å². The van der Waals surface area contributed by atoms with Crippen LogP contribution in [0.5, 0.6) is 0 Å². The van der Waals surface area contributed by atoms with Crippen molar-refractivity contribution in [3.05, 3.63) is 88.2 Å². The lowest BCUT2D eigenvalue weighted by atomic mass is 10.1. The van der Waals surface area contributed by atoms with Gasteiger partial charge in [0.25, 0.3) is 0 Å². The molecule has 0 N–H and O–H groups in total. The van der Waals surface area contributed by atoms with E-state index in [4.69, 9.17) is 15.0 Å². The zero-order chi connectivity index (χ0) is 20.3. The van der Waals surface area contributed by atoms with Gasteiger partial charge in [0.15, 0.2) is 0 Å². The van der Waals surface area contributed by atoms with E-state index in [-0.39, 0.29) is 0 Å². The molecule has 142 valence electrons. The van der Waals surface area contributed by atoms with Crippen LogP contribution in [0.4, 0.5) is 11.4 Å². The van der Waals surface area contributed by atoms with Gasteiger partial charge in [0.2, 0.25) is 0 Å². The summed E-state index contributed by atoms with van der Waals surface area (Å²) in [6.07, 6.45) is 0. The molecule has 0 saturated heterocycles. The highest BCUT2D eigenvalue weighted by atomic mass is 14.8. The van der Waals surface area contributed by atoms with Crippen molar-refractivity contribution >= 4 is 22.8 Å². The van der Waals surface area contributed by atoms with Gasteiger partial charge < -0.3 is 0 Å². The van der Waals surface area contributed by atoms with Crippen LogP contribution in [-0.4, -0.2) is 16.4 Å². The molecule has 0 aliphatic carbocycles. The van der Waals surface area contributed by atoms with Crippen molar-refractivity contribution in [3.63, 3.8) is 0 Å². The summed E-state index contributed by atoms with van der Waals surface area (Å²) >= 11 is 0. The molecular weight excluding hydrogens is 342 g/mol. The molecule has 0 aliphatic rings. The Morgan fingerprint density at radius 2 is 1.00 bits per heavy atom. The second-order valence-corrected chi connectivity index (χ2v) is 7.24. The SMILES string of the molecule is C/C(=N\c1cccc(C)c1C)c1cccc(/C(C)=N/c2cccc(C)c2C)n1. The highest BCUT2D eigenvalue weighted by Crippen LogP contribution is 2.23. The first-order valence-corrected chi connectivity index (χ1v) is 9.57. The van der Waals surface area contributed by atoms with Gasteiger partial charge in [0, 0.05) is 0 Å². The van der Waals surface area contributed by atoms with E-state index in [1.165, 1.54) is 22.3 Å². The largest absolute Gasteiger partial charge is 0.251 e. The number of aromatic nitrogens is 1. The number of rotatable bonds is 4. The third-order valence-electron chi connectivity index (χ3n) is 5.22. The molecule has 0 fully saturated rings. The average Bonchev–Trinajstić information content (AvgIpc) is 2.69. The Bertz CT molecular complexity index is 992. The molecule has 3 heteroatoms. The van der Waals surface area contributed by atoms with Crippen molar-refractivity contribution in [3.8, 4) is 0 Å². The molecule has 0 bridgehead atoms. The maximum Gasteiger partial charge on any atom is 0.0849 e. The predicted octanol–water partition coefficient (Wildman–Crippen LogP) is 6.60. The standard InChI is InChI=1S/C25H27N3/c1-16-10-7-12-22(18(16)3)26-20(5)24-14-9-15-25(28-24)21(6)27-23-13-8-11-17(2)19(23)4/h7-15H,1-6H3/b26-20+,27-21+. The van der Waals surface area contributed by atoms with Gasteiger partial charge in [-0.3, -0.25) is 9.98 Å². The van der Waals surface area contributed by atoms with Gasteiger partial charge in [-0.15, -0.1) is 0 Å². The summed E-state index contributed by atoms with van der Waals surface area (Å²) in [5.41, 5.74) is 10.4. The van der Waals surface area contributed by atoms with Gasteiger partial charge in [-0.1, -0.05) is 30.3 Å². The van der Waals surface area contributed by atoms with Crippen LogP contribution in [0.3, 0.4) is 0 Å². The van der Waals surface area contributed by atoms with E-state index in [1.54, 1.807) is 0 Å². The Hall–Kier alpha value is -3.07. The highest BCUT2D eigenvalue weighted by Gasteiger charge is 2.07. The molecule has 0 atom stereocenters. The van der Waals surface area contributed by atoms with E-state index in [2.05, 4.69) is 39.8 Å². The summed E-state index contributed by atoms with van der Waals surface area (Å²) in [5, 5.41) is 0. The lowest BCUT2D eigenvalue weighted by Crippen LogP contribution is -2.05. The third-order valence-corrected chi connectivity index (χ3v) is 5.22. The van der Waals surface area contributed by atoms with E-state index in [1.807, 2.05) is 56.3 Å². The molecule has 0 unspecified atom stereocenters. The molecule has 0 aliphatic heterocycles. The monoisotopic (exact) mass is 369 g/mol. The number of pyridine rings is 1. The van der Waals surface area contributed by atoms with Crippen LogP contribution in [0, 0.1) is 27.7 Å². The molecule has 2 aromatic carbocycles. The Balaban J connectivity index is 1.95. The average molecular weight is 370 g/mol. The summed E-state index contributed by atoms with van der Waals surface area (Å²) in [6.45, 7) is 12.4. The number of aliphatic imine (C=N–C) groups is 2. The Morgan fingerprint density at radius 1 is 0.607 bits per heavy atom. The van der Waals surface area contributed by atoms with Crippen molar-refractivity contribution < 1.29 is 0 Å². The summed E-state index contributed by atoms with van der Waals surface area (Å²) in [5.74, 6) is 0. The fourth-order valence-corrected chi connectivity index (χ4v) is 3.03. The van der Waals surface area contributed by atoms with E-state index >= 15 is 0 Å². The van der Waals surface area contributed by atoms with Gasteiger partial charge in [0.05, 0.1) is 34.2 Å². The van der Waals surface area contributed by atoms with Crippen molar-refractivity contribution in [2.24, 2.45) is 9.98 Å². The lowest BCUT2D eigenvalue weighted by Gasteiger charge is -2.08. The molecule has 3 nitrogen and oxygen atoms in total. The third kappa shape index (κ3) is 4.25. The number of hydrogen-bond donors (Lipinski definition) is 0. The van der Waals surface area contributed by atoms with Crippen LogP contribution in [0.15, 0.2) is 64.6 Å². The van der Waals surface area contributed by atoms with E-state index in [9.17, 15) is 0 Å². The fourth-order valence-electron chi connectivity index (χ4n) is 3.03. The number of aryl methyl sites for hydroxylation is 2. The first-order valence-electron chi connectivity index (χ1n) is 9.57. The molecule has 3 rings (SSSR count). The Kier molecular flexibility index (Phi) is 5.84. The molecule has 1 heterocycles. The van der Waals surface area contributed by atoms with Gasteiger partial charge in [-0.2, -0.15) is 0 Å². The van der Waals surface area contributed by atoms with Crippen LogP contribution in [-0.2, 0) is 0 Å². The van der Waals surface area contributed by atoms with Crippen molar-refractivity contribution in [2.75, 3.05) is 0 Å². The first kappa shape index (κ1) is 19.7. The highest BCUT2D eigenvalue weighted by molar-refractivity contribution is 6.02. The second-order valence-electron chi connectivity index (χ2n) is 7.24. The molecule has 0 radical (unpaired) electrons. The minimum Gasteiger partial charge on any atom is -0.251 e. The number of nitrogens with zero attached hydrogens (tertiary/aromatic N) is 3. The smallest absolute Gasteiger partial charge is 0.0849 e. The molecule has 0 saturated carbocycles. The van der Waals surface area contributed by atoms with Gasteiger partial charge in [-0.05, 0) is 88.1 Å². The summed E-state index contributed by atoms with van der Waals surface area (Å²) in [4.78, 5) is 14.4. The fraction of sp³-hybridized carbons (Fsp3) is 0.240. The summed E-state index contributed by atoms with van der Waals surface area (Å²) < 4.78 is 0. The van der Waals surface area contributed by atoms with Crippen molar-refractivity contribution in [1.29, 1.82) is 0 Å². The van der Waals surface area contributed by atoms with E-state index in [0.717, 1.165) is 34.2 Å². The van der Waals surface area contributed by atoms with Crippen LogP contribution < -0.4 is 0 Å². The Morgan fingerprint density at radius 3 is 1.43 bits per heavy atom. The minimum atomic E-state index is 0.869. The van der Waals surface area contributed by atoms with Crippen LogP contribution in [0.25, 0.3) is 0 Å². The second kappa shape index (κ2) is 8.30. The lowest BCUT2D eigenvalue weighted by molar-refractivity contribution is 1.23. The maximum absolute atomic E-state index is 4.81. The van der Waals surface area contributed by atoms with Gasteiger partial charge in [-0.25, -0.2) is 4.98 Å². The topological polar surface area (TPSA) is 37.6 Å². The quantitative estimate of drug-likeness (QED) is 0.478. The molecule has 28 heavy (non-hydrogen) atoms. The molecule has 0 spiro atoms.